The van der Waals surface area contributed by atoms with Crippen molar-refractivity contribution in [1.29, 1.82) is 0 Å². The molecule has 0 saturated heterocycles. The van der Waals surface area contributed by atoms with Crippen molar-refractivity contribution in [2.24, 2.45) is 0 Å². The van der Waals surface area contributed by atoms with Gasteiger partial charge in [-0.25, -0.2) is 0 Å². The quantitative estimate of drug-likeness (QED) is 0.455. The zero-order valence-corrected chi connectivity index (χ0v) is 6.59. The van der Waals surface area contributed by atoms with E-state index < -0.39 is 0 Å². The van der Waals surface area contributed by atoms with Crippen molar-refractivity contribution in [3.63, 3.8) is 0 Å². The summed E-state index contributed by atoms with van der Waals surface area (Å²) in [4.78, 5) is 0. The average Bonchev–Trinajstić information content (AvgIpc) is 0. The Morgan fingerprint density at radius 2 is 0.750 bits per heavy atom. The molecule has 4 heteroatoms. The Morgan fingerprint density at radius 1 is 0.750 bits per heavy atom. The van der Waals surface area contributed by atoms with Crippen molar-refractivity contribution in [3.05, 3.63) is 0 Å². The minimum absolute atomic E-state index is 0. The molecule has 0 aliphatic heterocycles. The molecule has 4 heavy (non-hydrogen) atoms. The summed E-state index contributed by atoms with van der Waals surface area (Å²) in [6.07, 6.45) is 0. The van der Waals surface area contributed by atoms with E-state index in [1.165, 1.54) is 0 Å². The molecule has 0 radical (unpaired) electrons. The molecule has 28 valence electrons. The first-order valence-electron chi connectivity index (χ1n) is 0. The van der Waals surface area contributed by atoms with Gasteiger partial charge in [-0.05, 0) is 0 Å². The molecule has 0 unspecified atom stereocenters. The van der Waals surface area contributed by atoms with E-state index in [1.807, 2.05) is 0 Å². The van der Waals surface area contributed by atoms with Crippen LogP contribution < -0.4 is 0 Å². The molecule has 0 atom stereocenters. The maximum atomic E-state index is 0. The van der Waals surface area contributed by atoms with Crippen LogP contribution in [0.4, 0.5) is 0 Å². The van der Waals surface area contributed by atoms with Gasteiger partial charge >= 0.3 is 37.7 Å². The van der Waals surface area contributed by atoms with Gasteiger partial charge in [0, 0.05) is 0 Å². The van der Waals surface area contributed by atoms with Gasteiger partial charge in [0.1, 0.15) is 0 Å². The molecule has 0 nitrogen and oxygen atoms in total. The van der Waals surface area contributed by atoms with Crippen molar-refractivity contribution >= 4 is 75.0 Å². The summed E-state index contributed by atoms with van der Waals surface area (Å²) in [5, 5.41) is 0. The van der Waals surface area contributed by atoms with Gasteiger partial charge in [0.25, 0.3) is 0 Å². The third-order valence-corrected chi connectivity index (χ3v) is 0. The van der Waals surface area contributed by atoms with Crippen LogP contribution in [0.25, 0.3) is 0 Å². The third-order valence-electron chi connectivity index (χ3n) is 0. The van der Waals surface area contributed by atoms with Gasteiger partial charge in [0.15, 0.2) is 0 Å². The monoisotopic (exact) mass is 150 g/mol. The van der Waals surface area contributed by atoms with Gasteiger partial charge in [0.05, 0.1) is 0 Å². The van der Waals surface area contributed by atoms with Crippen LogP contribution in [0.5, 0.6) is 0 Å². The molecule has 0 fully saturated rings. The zero-order valence-electron chi connectivity index (χ0n) is 3.93. The van der Waals surface area contributed by atoms with E-state index >= 15 is 0 Å². The van der Waals surface area contributed by atoms with Gasteiger partial charge in [-0.3, -0.25) is 0 Å². The van der Waals surface area contributed by atoms with Crippen molar-refractivity contribution in [2.75, 3.05) is 0 Å². The first kappa shape index (κ1) is 35.6. The molecule has 0 saturated carbocycles. The normalized spacial score (nSPS) is 0. The Kier molecular flexibility index (Phi) is 171. The Morgan fingerprint density at radius 3 is 0.750 bits per heavy atom. The standard InChI is InChI=1S/Ca.3ClH.2H/h;3*1H;;/q+2;;;;2*-1. The van der Waals surface area contributed by atoms with Gasteiger partial charge < -0.3 is 2.85 Å². The van der Waals surface area contributed by atoms with Crippen molar-refractivity contribution in [1.82, 2.24) is 0 Å². The molecule has 0 aromatic heterocycles. The molecule has 0 spiro atoms. The van der Waals surface area contributed by atoms with E-state index in [4.69, 9.17) is 0 Å². The summed E-state index contributed by atoms with van der Waals surface area (Å²) in [7, 11) is 0. The maximum Gasteiger partial charge on any atom is 2.00 e. The van der Waals surface area contributed by atoms with Gasteiger partial charge in [-0.1, -0.05) is 0 Å². The van der Waals surface area contributed by atoms with Crippen LogP contribution in [-0.2, 0) is 0 Å². The fourth-order valence-electron chi connectivity index (χ4n) is 0. The summed E-state index contributed by atoms with van der Waals surface area (Å²) in [5.74, 6) is 0. The van der Waals surface area contributed by atoms with E-state index in [-0.39, 0.29) is 77.8 Å². The second-order valence-electron chi connectivity index (χ2n) is 0. The topological polar surface area (TPSA) is 0 Å². The van der Waals surface area contributed by atoms with Crippen LogP contribution in [0.1, 0.15) is 2.85 Å². The van der Waals surface area contributed by atoms with Crippen molar-refractivity contribution < 1.29 is 2.85 Å². The zero-order chi connectivity index (χ0) is 0. The molecule has 0 heterocycles. The molecule has 0 aliphatic rings. The number of halogens is 3. The average molecular weight is 151 g/mol. The van der Waals surface area contributed by atoms with Crippen LogP contribution >= 0.6 is 37.2 Å². The van der Waals surface area contributed by atoms with Gasteiger partial charge in [0.2, 0.25) is 0 Å². The largest absolute Gasteiger partial charge is 2.00 e. The fourth-order valence-corrected chi connectivity index (χ4v) is 0. The van der Waals surface area contributed by atoms with Gasteiger partial charge in [-0.15, -0.1) is 37.2 Å². The maximum absolute atomic E-state index is 0. The Hall–Kier alpha value is 2.13. The minimum Gasteiger partial charge on any atom is -1.00 e. The van der Waals surface area contributed by atoms with Gasteiger partial charge in [-0.2, -0.15) is 0 Å². The first-order valence-corrected chi connectivity index (χ1v) is 0. The van der Waals surface area contributed by atoms with Crippen LogP contribution in [0, 0.1) is 0 Å². The van der Waals surface area contributed by atoms with E-state index in [0.29, 0.717) is 0 Å². The predicted molar refractivity (Wildman–Crippen MR) is 29.7 cm³/mol. The molecular formula is H5CaCl3. The van der Waals surface area contributed by atoms with E-state index in [9.17, 15) is 0 Å². The van der Waals surface area contributed by atoms with Crippen molar-refractivity contribution in [2.45, 2.75) is 0 Å². The third kappa shape index (κ3) is 8.92. The summed E-state index contributed by atoms with van der Waals surface area (Å²) in [6, 6.07) is 0. The second kappa shape index (κ2) is 19.3. The Bertz CT molecular complexity index is 8.75. The molecule has 0 aromatic carbocycles. The van der Waals surface area contributed by atoms with Crippen LogP contribution in [0.15, 0.2) is 0 Å². The number of rotatable bonds is 0. The molecule has 0 aromatic rings. The molecule has 0 aliphatic carbocycles. The van der Waals surface area contributed by atoms with Crippen molar-refractivity contribution in [3.8, 4) is 0 Å². The predicted octanol–water partition coefficient (Wildman–Crippen LogP) is 1.11. The van der Waals surface area contributed by atoms with E-state index in [2.05, 4.69) is 0 Å². The Labute approximate surface area is 76.9 Å². The molecular weight excluding hydrogens is 146 g/mol. The summed E-state index contributed by atoms with van der Waals surface area (Å²) in [6.45, 7) is 0. The molecule has 0 rings (SSSR count). The number of hydrogen-bond donors (Lipinski definition) is 0. The SMILES string of the molecule is Cl.Cl.Cl.[Ca+2].[H-].[H-]. The first-order chi connectivity index (χ1) is 0. The second-order valence-corrected chi connectivity index (χ2v) is 0. The van der Waals surface area contributed by atoms with E-state index in [0.717, 1.165) is 0 Å². The summed E-state index contributed by atoms with van der Waals surface area (Å²) < 4.78 is 0. The van der Waals surface area contributed by atoms with Crippen LogP contribution in [0.3, 0.4) is 0 Å². The smallest absolute Gasteiger partial charge is 1.00 e. The molecule has 0 N–H and O–H groups in total. The summed E-state index contributed by atoms with van der Waals surface area (Å²) in [5.41, 5.74) is 0. The fraction of sp³-hybridized carbons (Fsp3) is 0. The number of hydrogen-bond acceptors (Lipinski definition) is 0. The minimum atomic E-state index is 0. The van der Waals surface area contributed by atoms with E-state index in [1.54, 1.807) is 0 Å². The Balaban J connectivity index is 0. The van der Waals surface area contributed by atoms with Crippen LogP contribution in [-0.4, -0.2) is 37.7 Å². The van der Waals surface area contributed by atoms with Crippen LogP contribution in [0.2, 0.25) is 0 Å². The molecule has 0 amide bonds. The molecule has 0 bridgehead atoms. The summed E-state index contributed by atoms with van der Waals surface area (Å²) >= 11 is 0.